The predicted octanol–water partition coefficient (Wildman–Crippen LogP) is 3.12. The summed E-state index contributed by atoms with van der Waals surface area (Å²) in [6, 6.07) is 3.48. The highest BCUT2D eigenvalue weighted by molar-refractivity contribution is 5.90. The van der Waals surface area contributed by atoms with Crippen molar-refractivity contribution < 1.29 is 18.0 Å². The third kappa shape index (κ3) is 3.19. The Morgan fingerprint density at radius 2 is 2.00 bits per heavy atom. The minimum absolute atomic E-state index is 0.0292. The lowest BCUT2D eigenvalue weighted by Gasteiger charge is -2.28. The molecule has 3 nitrogen and oxygen atoms in total. The number of carbonyl (C=O) groups is 1. The van der Waals surface area contributed by atoms with Crippen molar-refractivity contribution in [1.82, 2.24) is 10.4 Å². The Morgan fingerprint density at radius 3 is 2.60 bits per heavy atom. The molecule has 0 spiro atoms. The van der Waals surface area contributed by atoms with E-state index in [2.05, 4.69) is 5.43 Å². The highest BCUT2D eigenvalue weighted by Gasteiger charge is 2.20. The third-order valence-corrected chi connectivity index (χ3v) is 3.16. The van der Waals surface area contributed by atoms with Gasteiger partial charge in [-0.05, 0) is 13.0 Å². The number of alkyl halides is 2. The van der Waals surface area contributed by atoms with E-state index in [0.29, 0.717) is 13.0 Å². The first-order valence-electron chi connectivity index (χ1n) is 6.29. The van der Waals surface area contributed by atoms with Crippen LogP contribution in [-0.2, 0) is 4.79 Å². The summed E-state index contributed by atoms with van der Waals surface area (Å²) in [7, 11) is 0. The lowest BCUT2D eigenvalue weighted by Crippen LogP contribution is -2.39. The molecule has 1 aliphatic rings. The number of allylic oxidation sites excluding steroid dienone is 1. The zero-order valence-electron chi connectivity index (χ0n) is 10.9. The minimum atomic E-state index is -2.84. The van der Waals surface area contributed by atoms with Crippen LogP contribution in [0.3, 0.4) is 0 Å². The molecule has 108 valence electrons. The largest absolute Gasteiger partial charge is 0.315 e. The molecule has 2 rings (SSSR count). The van der Waals surface area contributed by atoms with Gasteiger partial charge in [0.15, 0.2) is 5.78 Å². The Labute approximate surface area is 115 Å². The molecule has 0 aliphatic carbocycles. The van der Waals surface area contributed by atoms with Crippen LogP contribution in [0.4, 0.5) is 13.2 Å². The number of hydrogen-bond donors (Lipinski definition) is 1. The zero-order valence-corrected chi connectivity index (χ0v) is 10.9. The molecule has 1 aromatic rings. The highest BCUT2D eigenvalue weighted by Crippen LogP contribution is 2.27. The maximum absolute atomic E-state index is 14.0. The van der Waals surface area contributed by atoms with Crippen molar-refractivity contribution in [1.29, 1.82) is 0 Å². The molecule has 0 saturated carbocycles. The number of nitrogens with one attached hydrogen (secondary N) is 1. The van der Waals surface area contributed by atoms with Crippen LogP contribution >= 0.6 is 0 Å². The van der Waals surface area contributed by atoms with Crippen LogP contribution in [-0.4, -0.2) is 17.3 Å². The molecule has 1 aliphatic heterocycles. The molecular weight excluding hydrogens is 269 g/mol. The molecule has 20 heavy (non-hydrogen) atoms. The van der Waals surface area contributed by atoms with Crippen molar-refractivity contribution in [3.05, 3.63) is 47.4 Å². The molecule has 1 unspecified atom stereocenters. The first kappa shape index (κ1) is 14.6. The fraction of sp³-hybridized carbons (Fsp3) is 0.357. The van der Waals surface area contributed by atoms with Crippen LogP contribution in [0.5, 0.6) is 0 Å². The number of nitrogens with zero attached hydrogens (tertiary/aromatic N) is 1. The number of rotatable bonds is 4. The quantitative estimate of drug-likeness (QED) is 0.922. The monoisotopic (exact) mass is 284 g/mol. The molecule has 1 aromatic carbocycles. The maximum atomic E-state index is 14.0. The average Bonchev–Trinajstić information content (AvgIpc) is 2.41. The van der Waals surface area contributed by atoms with E-state index in [4.69, 9.17) is 0 Å². The smallest absolute Gasteiger partial charge is 0.266 e. The summed E-state index contributed by atoms with van der Waals surface area (Å²) in [6.07, 6.45) is 0.525. The second-order valence-corrected chi connectivity index (χ2v) is 4.63. The third-order valence-electron chi connectivity index (χ3n) is 3.16. The summed E-state index contributed by atoms with van der Waals surface area (Å²) in [6.45, 7) is 2.15. The molecule has 0 aromatic heterocycles. The minimum Gasteiger partial charge on any atom is -0.315 e. The summed E-state index contributed by atoms with van der Waals surface area (Å²) in [4.78, 5) is 11.1. The fourth-order valence-corrected chi connectivity index (χ4v) is 2.06. The summed E-state index contributed by atoms with van der Waals surface area (Å²) in [5.41, 5.74) is 2.55. The Hall–Kier alpha value is -1.82. The van der Waals surface area contributed by atoms with Gasteiger partial charge in [0.25, 0.3) is 6.43 Å². The van der Waals surface area contributed by atoms with Crippen molar-refractivity contribution in [3.63, 3.8) is 0 Å². The summed E-state index contributed by atoms with van der Waals surface area (Å²) >= 11 is 0. The zero-order chi connectivity index (χ0) is 14.7. The summed E-state index contributed by atoms with van der Waals surface area (Å²) in [5, 5.41) is 1.65. The number of carbonyl (C=O) groups excluding carboxylic acids is 1. The molecule has 1 N–H and O–H groups in total. The van der Waals surface area contributed by atoms with Crippen LogP contribution in [0, 0.1) is 5.82 Å². The number of ketones is 1. The van der Waals surface area contributed by atoms with Crippen LogP contribution in [0.25, 0.3) is 0 Å². The molecule has 1 heterocycles. The second-order valence-electron chi connectivity index (χ2n) is 4.63. The number of halogens is 3. The van der Waals surface area contributed by atoms with Gasteiger partial charge in [-0.1, -0.05) is 18.2 Å². The van der Waals surface area contributed by atoms with Crippen LogP contribution < -0.4 is 5.43 Å². The van der Waals surface area contributed by atoms with E-state index >= 15 is 0 Å². The number of hydrazine groups is 1. The van der Waals surface area contributed by atoms with E-state index in [1.165, 1.54) is 18.2 Å². The van der Waals surface area contributed by atoms with Gasteiger partial charge < -0.3 is 5.01 Å². The fourth-order valence-electron chi connectivity index (χ4n) is 2.06. The van der Waals surface area contributed by atoms with E-state index in [-0.39, 0.29) is 11.3 Å². The van der Waals surface area contributed by atoms with Gasteiger partial charge in [-0.25, -0.2) is 18.6 Å². The first-order chi connectivity index (χ1) is 9.49. The van der Waals surface area contributed by atoms with Gasteiger partial charge >= 0.3 is 0 Å². The Bertz CT molecular complexity index is 531. The molecule has 1 atom stereocenters. The molecule has 0 saturated heterocycles. The second kappa shape index (κ2) is 6.09. The first-order valence-corrected chi connectivity index (χ1v) is 6.29. The molecule has 0 amide bonds. The van der Waals surface area contributed by atoms with Crippen LogP contribution in [0.2, 0.25) is 0 Å². The van der Waals surface area contributed by atoms with Gasteiger partial charge in [0.05, 0.1) is 11.6 Å². The number of hydrogen-bond acceptors (Lipinski definition) is 3. The molecule has 0 fully saturated rings. The normalized spacial score (nSPS) is 16.9. The van der Waals surface area contributed by atoms with Crippen molar-refractivity contribution >= 4 is 5.78 Å². The van der Waals surface area contributed by atoms with E-state index in [9.17, 15) is 18.0 Å². The number of benzene rings is 1. The molecule has 6 heteroatoms. The van der Waals surface area contributed by atoms with Crippen LogP contribution in [0.1, 0.15) is 36.9 Å². The Kier molecular flexibility index (Phi) is 4.44. The van der Waals surface area contributed by atoms with Gasteiger partial charge in [-0.2, -0.15) is 0 Å². The average molecular weight is 284 g/mol. The van der Waals surface area contributed by atoms with Crippen molar-refractivity contribution in [2.24, 2.45) is 0 Å². The van der Waals surface area contributed by atoms with Crippen molar-refractivity contribution in [3.8, 4) is 0 Å². The predicted molar refractivity (Wildman–Crippen MR) is 68.4 cm³/mol. The van der Waals surface area contributed by atoms with Gasteiger partial charge in [0.1, 0.15) is 5.82 Å². The van der Waals surface area contributed by atoms with Gasteiger partial charge in [0, 0.05) is 24.7 Å². The lowest BCUT2D eigenvalue weighted by atomic mass is 10.0. The summed E-state index contributed by atoms with van der Waals surface area (Å²) < 4.78 is 39.3. The maximum Gasteiger partial charge on any atom is 0.266 e. The topological polar surface area (TPSA) is 32.3 Å². The lowest BCUT2D eigenvalue weighted by molar-refractivity contribution is -0.115. The molecule has 0 bridgehead atoms. The van der Waals surface area contributed by atoms with Crippen molar-refractivity contribution in [2.45, 2.75) is 25.8 Å². The van der Waals surface area contributed by atoms with E-state index in [1.54, 1.807) is 18.1 Å². The van der Waals surface area contributed by atoms with E-state index in [0.717, 1.165) is 6.07 Å². The van der Waals surface area contributed by atoms with Crippen molar-refractivity contribution in [2.75, 3.05) is 6.54 Å². The van der Waals surface area contributed by atoms with Crippen LogP contribution in [0.15, 0.2) is 30.5 Å². The molecular formula is C14H15F3N2O. The van der Waals surface area contributed by atoms with Gasteiger partial charge in [-0.3, -0.25) is 4.79 Å². The summed E-state index contributed by atoms with van der Waals surface area (Å²) in [5.74, 6) is -0.860. The standard InChI is InChI=1S/C14H15F3N2O/c1-9(18-19-7-5-10(20)6-8-19)11-3-2-4-12(13(11)15)14(16)17/h2-5,7,9,14,18H,6,8H2,1H3. The highest BCUT2D eigenvalue weighted by atomic mass is 19.3. The van der Waals surface area contributed by atoms with E-state index in [1.807, 2.05) is 0 Å². The van der Waals surface area contributed by atoms with E-state index < -0.39 is 23.8 Å². The Balaban J connectivity index is 2.13. The Morgan fingerprint density at radius 1 is 1.30 bits per heavy atom. The molecule has 0 radical (unpaired) electrons. The van der Waals surface area contributed by atoms with Gasteiger partial charge in [0.2, 0.25) is 0 Å². The van der Waals surface area contributed by atoms with Gasteiger partial charge in [-0.15, -0.1) is 0 Å². The SMILES string of the molecule is CC(NN1C=CC(=O)CC1)c1cccc(C(F)F)c1F.